The molecular formula is C12H19N3O4S. The molecule has 0 bridgehead atoms. The highest BCUT2D eigenvalue weighted by atomic mass is 32.2. The molecule has 1 saturated heterocycles. The zero-order valence-electron chi connectivity index (χ0n) is 11.8. The number of rotatable bonds is 3. The third-order valence-corrected chi connectivity index (χ3v) is 4.94. The summed E-state index contributed by atoms with van der Waals surface area (Å²) in [4.78, 5) is 14.1. The molecule has 1 aromatic heterocycles. The number of carbonyl (C=O) groups is 1. The van der Waals surface area contributed by atoms with Gasteiger partial charge in [0.2, 0.25) is 5.09 Å². The van der Waals surface area contributed by atoms with Gasteiger partial charge in [0.15, 0.2) is 0 Å². The Hall–Kier alpha value is -1.38. The number of nitrogens with one attached hydrogen (secondary N) is 1. The maximum Gasteiger partial charge on any atom is 0.275 e. The SMILES string of the molecule is Cc1oc(S(=O)(=O)N(C)C)cc1C(=O)N1CCNCC1. The van der Waals surface area contributed by atoms with Crippen molar-refractivity contribution in [2.45, 2.75) is 12.0 Å². The predicted molar refractivity (Wildman–Crippen MR) is 73.1 cm³/mol. The summed E-state index contributed by atoms with van der Waals surface area (Å²) in [6.45, 7) is 4.31. The third-order valence-electron chi connectivity index (χ3n) is 3.26. The lowest BCUT2D eigenvalue weighted by Crippen LogP contribution is -2.46. The summed E-state index contributed by atoms with van der Waals surface area (Å²) in [7, 11) is -0.816. The van der Waals surface area contributed by atoms with E-state index < -0.39 is 10.0 Å². The number of hydrogen-bond donors (Lipinski definition) is 1. The summed E-state index contributed by atoms with van der Waals surface area (Å²) in [6.07, 6.45) is 0. The van der Waals surface area contributed by atoms with Gasteiger partial charge in [0.1, 0.15) is 5.76 Å². The molecular weight excluding hydrogens is 282 g/mol. The lowest BCUT2D eigenvalue weighted by molar-refractivity contribution is 0.0734. The molecule has 1 aliphatic heterocycles. The fourth-order valence-electron chi connectivity index (χ4n) is 2.01. The van der Waals surface area contributed by atoms with Crippen LogP contribution in [-0.2, 0) is 10.0 Å². The number of aryl methyl sites for hydroxylation is 1. The monoisotopic (exact) mass is 301 g/mol. The Bertz CT molecular complexity index is 600. The second-order valence-electron chi connectivity index (χ2n) is 4.86. The van der Waals surface area contributed by atoms with Gasteiger partial charge in [-0.15, -0.1) is 0 Å². The minimum absolute atomic E-state index is 0.187. The Morgan fingerprint density at radius 3 is 2.50 bits per heavy atom. The molecule has 1 fully saturated rings. The number of piperazine rings is 1. The predicted octanol–water partition coefficient (Wildman–Crippen LogP) is -0.116. The number of nitrogens with zero attached hydrogens (tertiary/aromatic N) is 2. The quantitative estimate of drug-likeness (QED) is 0.842. The highest BCUT2D eigenvalue weighted by Crippen LogP contribution is 2.22. The van der Waals surface area contributed by atoms with E-state index >= 15 is 0 Å². The van der Waals surface area contributed by atoms with Crippen LogP contribution in [0.3, 0.4) is 0 Å². The van der Waals surface area contributed by atoms with Gasteiger partial charge in [-0.2, -0.15) is 0 Å². The maximum absolute atomic E-state index is 12.4. The Labute approximate surface area is 118 Å². The van der Waals surface area contributed by atoms with E-state index in [1.54, 1.807) is 11.8 Å². The normalized spacial score (nSPS) is 16.7. The molecule has 0 saturated carbocycles. The molecule has 1 aliphatic rings. The second-order valence-corrected chi connectivity index (χ2v) is 6.95. The molecule has 0 aromatic carbocycles. The van der Waals surface area contributed by atoms with Crippen molar-refractivity contribution in [1.82, 2.24) is 14.5 Å². The molecule has 1 aromatic rings. The van der Waals surface area contributed by atoms with Crippen LogP contribution in [0.4, 0.5) is 0 Å². The van der Waals surface area contributed by atoms with Crippen LogP contribution in [0.2, 0.25) is 0 Å². The average Bonchev–Trinajstić information content (AvgIpc) is 2.81. The topological polar surface area (TPSA) is 82.9 Å². The standard InChI is InChI=1S/C12H19N3O4S/c1-9-10(12(16)15-6-4-13-5-7-15)8-11(19-9)20(17,18)14(2)3/h8,13H,4-7H2,1-3H3. The molecule has 112 valence electrons. The van der Waals surface area contributed by atoms with Gasteiger partial charge in [-0.05, 0) is 6.92 Å². The van der Waals surface area contributed by atoms with Crippen LogP contribution >= 0.6 is 0 Å². The Morgan fingerprint density at radius 2 is 1.95 bits per heavy atom. The molecule has 0 spiro atoms. The molecule has 7 nitrogen and oxygen atoms in total. The van der Waals surface area contributed by atoms with Crippen LogP contribution in [0.5, 0.6) is 0 Å². The fourth-order valence-corrected chi connectivity index (χ4v) is 2.87. The van der Waals surface area contributed by atoms with Crippen molar-refractivity contribution < 1.29 is 17.6 Å². The molecule has 0 atom stereocenters. The van der Waals surface area contributed by atoms with E-state index in [1.165, 1.54) is 20.2 Å². The summed E-state index contributed by atoms with van der Waals surface area (Å²) < 4.78 is 30.3. The number of amides is 1. The number of carbonyl (C=O) groups excluding carboxylic acids is 1. The fraction of sp³-hybridized carbons (Fsp3) is 0.583. The molecule has 1 amide bonds. The van der Waals surface area contributed by atoms with Gasteiger partial charge >= 0.3 is 0 Å². The van der Waals surface area contributed by atoms with Crippen LogP contribution in [-0.4, -0.2) is 63.8 Å². The van der Waals surface area contributed by atoms with Gasteiger partial charge < -0.3 is 14.6 Å². The minimum atomic E-state index is -3.66. The summed E-state index contributed by atoms with van der Waals surface area (Å²) in [6, 6.07) is 1.31. The van der Waals surface area contributed by atoms with Crippen LogP contribution in [0.25, 0.3) is 0 Å². The van der Waals surface area contributed by atoms with Crippen molar-refractivity contribution in [3.05, 3.63) is 17.4 Å². The molecule has 0 aliphatic carbocycles. The van der Waals surface area contributed by atoms with E-state index in [0.29, 0.717) is 24.4 Å². The molecule has 20 heavy (non-hydrogen) atoms. The Morgan fingerprint density at radius 1 is 1.35 bits per heavy atom. The van der Waals surface area contributed by atoms with Crippen molar-refractivity contribution >= 4 is 15.9 Å². The third kappa shape index (κ3) is 2.72. The summed E-state index contributed by atoms with van der Waals surface area (Å²) in [5.41, 5.74) is 0.312. The Kier molecular flexibility index (Phi) is 4.17. The second kappa shape index (κ2) is 5.55. The van der Waals surface area contributed by atoms with Crippen LogP contribution in [0.1, 0.15) is 16.1 Å². The van der Waals surface area contributed by atoms with Gasteiger partial charge in [-0.1, -0.05) is 0 Å². The first kappa shape index (κ1) is 15.0. The molecule has 0 unspecified atom stereocenters. The molecule has 2 heterocycles. The molecule has 0 radical (unpaired) electrons. The number of sulfonamides is 1. The average molecular weight is 301 g/mol. The smallest absolute Gasteiger partial charge is 0.275 e. The van der Waals surface area contributed by atoms with Gasteiger partial charge in [-0.3, -0.25) is 4.79 Å². The van der Waals surface area contributed by atoms with E-state index in [0.717, 1.165) is 17.4 Å². The van der Waals surface area contributed by atoms with Gasteiger partial charge in [-0.25, -0.2) is 12.7 Å². The first-order valence-corrected chi connectivity index (χ1v) is 7.81. The zero-order valence-corrected chi connectivity index (χ0v) is 12.7. The van der Waals surface area contributed by atoms with E-state index in [-0.39, 0.29) is 11.0 Å². The van der Waals surface area contributed by atoms with Crippen molar-refractivity contribution in [2.75, 3.05) is 40.3 Å². The molecule has 2 rings (SSSR count). The van der Waals surface area contributed by atoms with E-state index in [2.05, 4.69) is 5.32 Å². The first-order valence-electron chi connectivity index (χ1n) is 6.37. The van der Waals surface area contributed by atoms with E-state index in [9.17, 15) is 13.2 Å². The van der Waals surface area contributed by atoms with E-state index in [4.69, 9.17) is 4.42 Å². The maximum atomic E-state index is 12.4. The molecule has 1 N–H and O–H groups in total. The van der Waals surface area contributed by atoms with E-state index in [1.807, 2.05) is 0 Å². The van der Waals surface area contributed by atoms with Crippen molar-refractivity contribution in [1.29, 1.82) is 0 Å². The van der Waals surface area contributed by atoms with Crippen LogP contribution in [0.15, 0.2) is 15.6 Å². The zero-order chi connectivity index (χ0) is 14.9. The summed E-state index contributed by atoms with van der Waals surface area (Å²) in [5, 5.41) is 2.96. The van der Waals surface area contributed by atoms with Crippen molar-refractivity contribution in [3.8, 4) is 0 Å². The van der Waals surface area contributed by atoms with Crippen LogP contribution in [0, 0.1) is 6.92 Å². The lowest BCUT2D eigenvalue weighted by Gasteiger charge is -2.27. The molecule has 8 heteroatoms. The lowest BCUT2D eigenvalue weighted by atomic mass is 10.2. The minimum Gasteiger partial charge on any atom is -0.448 e. The summed E-state index contributed by atoms with van der Waals surface area (Å²) in [5.74, 6) is 0.141. The van der Waals surface area contributed by atoms with Crippen LogP contribution < -0.4 is 5.32 Å². The largest absolute Gasteiger partial charge is 0.448 e. The summed E-state index contributed by atoms with van der Waals surface area (Å²) >= 11 is 0. The highest BCUT2D eigenvalue weighted by Gasteiger charge is 2.28. The number of furan rings is 1. The van der Waals surface area contributed by atoms with Gasteiger partial charge in [0, 0.05) is 46.3 Å². The highest BCUT2D eigenvalue weighted by molar-refractivity contribution is 7.88. The van der Waals surface area contributed by atoms with Gasteiger partial charge in [0.05, 0.1) is 5.56 Å². The van der Waals surface area contributed by atoms with Gasteiger partial charge in [0.25, 0.3) is 15.9 Å². The Balaban J connectivity index is 2.30. The van der Waals surface area contributed by atoms with Crippen molar-refractivity contribution in [3.63, 3.8) is 0 Å². The first-order chi connectivity index (χ1) is 9.34. The number of hydrogen-bond acceptors (Lipinski definition) is 5. The van der Waals surface area contributed by atoms with Crippen molar-refractivity contribution in [2.24, 2.45) is 0 Å².